The van der Waals surface area contributed by atoms with E-state index in [1.165, 1.54) is 12.1 Å². The number of nitrogens with one attached hydrogen (secondary N) is 1. The maximum absolute atomic E-state index is 13.4. The summed E-state index contributed by atoms with van der Waals surface area (Å²) in [5.41, 5.74) is 2.09. The number of benzene rings is 2. The van der Waals surface area contributed by atoms with Crippen LogP contribution in [-0.2, 0) is 0 Å². The Hall–Kier alpha value is -1.90. The Morgan fingerprint density at radius 2 is 1.69 bits per heavy atom. The van der Waals surface area contributed by atoms with E-state index in [0.717, 1.165) is 17.3 Å². The lowest BCUT2D eigenvalue weighted by molar-refractivity contribution is 0.586. The average molecular weight is 219 g/mol. The molecule has 3 heteroatoms. The highest BCUT2D eigenvalue weighted by molar-refractivity contribution is 5.63. The van der Waals surface area contributed by atoms with Gasteiger partial charge in [0, 0.05) is 11.8 Å². The molecular formula is C13H11F2N. The second kappa shape index (κ2) is 4.31. The van der Waals surface area contributed by atoms with E-state index in [-0.39, 0.29) is 5.69 Å². The van der Waals surface area contributed by atoms with Gasteiger partial charge < -0.3 is 5.32 Å². The van der Waals surface area contributed by atoms with Gasteiger partial charge in [-0.05, 0) is 30.7 Å². The smallest absolute Gasteiger partial charge is 0.149 e. The summed E-state index contributed by atoms with van der Waals surface area (Å²) in [6, 6.07) is 11.0. The molecule has 0 fully saturated rings. The SMILES string of the molecule is Cc1ccccc1Nc1ccc(F)cc1F. The molecule has 0 aliphatic carbocycles. The van der Waals surface area contributed by atoms with Crippen LogP contribution >= 0.6 is 0 Å². The Balaban J connectivity index is 2.31. The molecule has 2 aromatic carbocycles. The molecule has 0 heterocycles. The first-order chi connectivity index (χ1) is 7.66. The van der Waals surface area contributed by atoms with Crippen molar-refractivity contribution in [3.63, 3.8) is 0 Å². The molecule has 0 atom stereocenters. The van der Waals surface area contributed by atoms with E-state index in [1.54, 1.807) is 0 Å². The van der Waals surface area contributed by atoms with Crippen LogP contribution in [0.2, 0.25) is 0 Å². The van der Waals surface area contributed by atoms with Crippen LogP contribution in [0.3, 0.4) is 0 Å². The number of para-hydroxylation sites is 1. The van der Waals surface area contributed by atoms with Gasteiger partial charge >= 0.3 is 0 Å². The van der Waals surface area contributed by atoms with Crippen LogP contribution in [0.25, 0.3) is 0 Å². The van der Waals surface area contributed by atoms with Crippen molar-refractivity contribution in [2.75, 3.05) is 5.32 Å². The summed E-state index contributed by atoms with van der Waals surface area (Å²) in [5.74, 6) is -1.17. The third-order valence-corrected chi connectivity index (χ3v) is 2.35. The van der Waals surface area contributed by atoms with Crippen LogP contribution in [0.5, 0.6) is 0 Å². The summed E-state index contributed by atoms with van der Waals surface area (Å²) in [5, 5.41) is 2.93. The molecule has 2 aromatic rings. The maximum atomic E-state index is 13.4. The second-order valence-electron chi connectivity index (χ2n) is 3.56. The highest BCUT2D eigenvalue weighted by Crippen LogP contribution is 2.22. The maximum Gasteiger partial charge on any atom is 0.149 e. The van der Waals surface area contributed by atoms with E-state index in [2.05, 4.69) is 5.32 Å². The highest BCUT2D eigenvalue weighted by atomic mass is 19.1. The summed E-state index contributed by atoms with van der Waals surface area (Å²) >= 11 is 0. The predicted molar refractivity (Wildman–Crippen MR) is 60.8 cm³/mol. The summed E-state index contributed by atoms with van der Waals surface area (Å²) in [7, 11) is 0. The first-order valence-electron chi connectivity index (χ1n) is 4.94. The van der Waals surface area contributed by atoms with Gasteiger partial charge in [0.15, 0.2) is 0 Å². The molecule has 2 rings (SSSR count). The zero-order valence-corrected chi connectivity index (χ0v) is 8.80. The van der Waals surface area contributed by atoms with Crippen molar-refractivity contribution in [2.45, 2.75) is 6.92 Å². The van der Waals surface area contributed by atoms with Crippen LogP contribution in [0.4, 0.5) is 20.2 Å². The summed E-state index contributed by atoms with van der Waals surface area (Å²) in [6.45, 7) is 1.92. The Bertz CT molecular complexity index is 509. The number of hydrogen-bond acceptors (Lipinski definition) is 1. The van der Waals surface area contributed by atoms with Gasteiger partial charge in [-0.2, -0.15) is 0 Å². The molecule has 0 saturated heterocycles. The van der Waals surface area contributed by atoms with E-state index in [9.17, 15) is 8.78 Å². The fraction of sp³-hybridized carbons (Fsp3) is 0.0769. The van der Waals surface area contributed by atoms with Crippen LogP contribution in [0.1, 0.15) is 5.56 Å². The van der Waals surface area contributed by atoms with Crippen molar-refractivity contribution >= 4 is 11.4 Å². The largest absolute Gasteiger partial charge is 0.353 e. The number of rotatable bonds is 2. The Morgan fingerprint density at radius 1 is 0.938 bits per heavy atom. The Morgan fingerprint density at radius 3 is 2.38 bits per heavy atom. The van der Waals surface area contributed by atoms with Gasteiger partial charge in [0.05, 0.1) is 5.69 Å². The highest BCUT2D eigenvalue weighted by Gasteiger charge is 2.04. The fourth-order valence-corrected chi connectivity index (χ4v) is 1.45. The summed E-state index contributed by atoms with van der Waals surface area (Å²) in [4.78, 5) is 0. The van der Waals surface area contributed by atoms with Crippen molar-refractivity contribution in [1.82, 2.24) is 0 Å². The van der Waals surface area contributed by atoms with Gasteiger partial charge in [0.1, 0.15) is 11.6 Å². The lowest BCUT2D eigenvalue weighted by atomic mass is 10.2. The molecule has 0 aliphatic heterocycles. The molecule has 0 spiro atoms. The first-order valence-corrected chi connectivity index (χ1v) is 4.94. The molecule has 82 valence electrons. The van der Waals surface area contributed by atoms with Gasteiger partial charge in [-0.25, -0.2) is 8.78 Å². The van der Waals surface area contributed by atoms with Crippen molar-refractivity contribution in [1.29, 1.82) is 0 Å². The molecule has 0 saturated carbocycles. The number of anilines is 2. The van der Waals surface area contributed by atoms with Crippen molar-refractivity contribution in [3.8, 4) is 0 Å². The quantitative estimate of drug-likeness (QED) is 0.804. The van der Waals surface area contributed by atoms with Crippen molar-refractivity contribution < 1.29 is 8.78 Å². The lowest BCUT2D eigenvalue weighted by Crippen LogP contribution is -1.96. The molecule has 0 unspecified atom stereocenters. The Labute approximate surface area is 92.7 Å². The van der Waals surface area contributed by atoms with Crippen LogP contribution < -0.4 is 5.32 Å². The first kappa shape index (κ1) is 10.6. The molecule has 0 aromatic heterocycles. The fourth-order valence-electron chi connectivity index (χ4n) is 1.45. The molecule has 16 heavy (non-hydrogen) atoms. The van der Waals surface area contributed by atoms with Gasteiger partial charge in [-0.15, -0.1) is 0 Å². The minimum absolute atomic E-state index is 0.274. The van der Waals surface area contributed by atoms with E-state index in [0.29, 0.717) is 0 Å². The third-order valence-electron chi connectivity index (χ3n) is 2.35. The van der Waals surface area contributed by atoms with E-state index < -0.39 is 11.6 Å². The zero-order valence-electron chi connectivity index (χ0n) is 8.80. The van der Waals surface area contributed by atoms with Crippen LogP contribution in [0.15, 0.2) is 42.5 Å². The Kier molecular flexibility index (Phi) is 2.86. The number of halogens is 2. The predicted octanol–water partition coefficient (Wildman–Crippen LogP) is 4.02. The van der Waals surface area contributed by atoms with Gasteiger partial charge in [0.2, 0.25) is 0 Å². The second-order valence-corrected chi connectivity index (χ2v) is 3.56. The molecule has 0 aliphatic rings. The summed E-state index contributed by atoms with van der Waals surface area (Å²) in [6.07, 6.45) is 0. The zero-order chi connectivity index (χ0) is 11.5. The average Bonchev–Trinajstić information content (AvgIpc) is 2.25. The van der Waals surface area contributed by atoms with E-state index in [1.807, 2.05) is 31.2 Å². The normalized spacial score (nSPS) is 10.2. The van der Waals surface area contributed by atoms with E-state index in [4.69, 9.17) is 0 Å². The van der Waals surface area contributed by atoms with Crippen LogP contribution in [0, 0.1) is 18.6 Å². The molecule has 0 amide bonds. The minimum Gasteiger partial charge on any atom is -0.353 e. The topological polar surface area (TPSA) is 12.0 Å². The molecule has 1 nitrogen and oxygen atoms in total. The van der Waals surface area contributed by atoms with E-state index >= 15 is 0 Å². The molecule has 0 radical (unpaired) electrons. The van der Waals surface area contributed by atoms with Crippen molar-refractivity contribution in [3.05, 3.63) is 59.7 Å². The number of hydrogen-bond donors (Lipinski definition) is 1. The number of aryl methyl sites for hydroxylation is 1. The lowest BCUT2D eigenvalue weighted by Gasteiger charge is -2.09. The molecule has 0 bridgehead atoms. The van der Waals surface area contributed by atoms with Gasteiger partial charge in [-0.3, -0.25) is 0 Å². The third kappa shape index (κ3) is 2.19. The van der Waals surface area contributed by atoms with Gasteiger partial charge in [-0.1, -0.05) is 18.2 Å². The van der Waals surface area contributed by atoms with Crippen LogP contribution in [-0.4, -0.2) is 0 Å². The molecular weight excluding hydrogens is 208 g/mol. The monoisotopic (exact) mass is 219 g/mol. The molecule has 1 N–H and O–H groups in total. The minimum atomic E-state index is -0.594. The standard InChI is InChI=1S/C13H11F2N/c1-9-4-2-3-5-12(9)16-13-7-6-10(14)8-11(13)15/h2-8,16H,1H3. The van der Waals surface area contributed by atoms with Gasteiger partial charge in [0.25, 0.3) is 0 Å². The van der Waals surface area contributed by atoms with Crippen molar-refractivity contribution in [2.24, 2.45) is 0 Å². The summed E-state index contributed by atoms with van der Waals surface area (Å²) < 4.78 is 26.1.